The van der Waals surface area contributed by atoms with Crippen molar-refractivity contribution in [3.8, 4) is 0 Å². The van der Waals surface area contributed by atoms with E-state index in [1.807, 2.05) is 13.8 Å². The Kier molecular flexibility index (Phi) is 2.10. The fourth-order valence-electron chi connectivity index (χ4n) is 0.711. The zero-order valence-corrected chi connectivity index (χ0v) is 6.85. The van der Waals surface area contributed by atoms with Crippen LogP contribution in [0.5, 0.6) is 0 Å². The van der Waals surface area contributed by atoms with Gasteiger partial charge in [0.2, 0.25) is 5.89 Å². The highest BCUT2D eigenvalue weighted by Crippen LogP contribution is 2.14. The molecule has 0 saturated carbocycles. The maximum atomic E-state index is 5.36. The molecule has 0 fully saturated rings. The Morgan fingerprint density at radius 1 is 1.64 bits per heavy atom. The molecular weight excluding hydrogens is 140 g/mol. The van der Waals surface area contributed by atoms with Crippen LogP contribution >= 0.6 is 0 Å². The third-order valence-electron chi connectivity index (χ3n) is 1.58. The molecule has 0 aliphatic rings. The predicted molar refractivity (Wildman–Crippen MR) is 44.1 cm³/mol. The van der Waals surface area contributed by atoms with Crippen LogP contribution < -0.4 is 5.73 Å². The van der Waals surface area contributed by atoms with Crippen molar-refractivity contribution in [2.45, 2.75) is 13.8 Å². The number of nitrogens with two attached hydrogens (primary N) is 1. The zero-order valence-electron chi connectivity index (χ0n) is 6.85. The van der Waals surface area contributed by atoms with E-state index in [1.54, 1.807) is 0 Å². The van der Waals surface area contributed by atoms with Crippen molar-refractivity contribution in [1.29, 1.82) is 0 Å². The SMILES string of the molecule is C=C(CN)c1nc(C)c(C)o1. The van der Waals surface area contributed by atoms with Gasteiger partial charge in [0.25, 0.3) is 0 Å². The zero-order chi connectivity index (χ0) is 8.43. The lowest BCUT2D eigenvalue weighted by Gasteiger charge is -1.92. The first-order chi connectivity index (χ1) is 5.15. The largest absolute Gasteiger partial charge is 0.441 e. The monoisotopic (exact) mass is 152 g/mol. The molecule has 0 aliphatic heterocycles. The molecule has 1 aromatic rings. The third kappa shape index (κ3) is 1.49. The average Bonchev–Trinajstić information content (AvgIpc) is 2.31. The summed E-state index contributed by atoms with van der Waals surface area (Å²) in [5.41, 5.74) is 7.00. The summed E-state index contributed by atoms with van der Waals surface area (Å²) in [6.45, 7) is 7.87. The maximum Gasteiger partial charge on any atom is 0.223 e. The molecule has 0 atom stereocenters. The van der Waals surface area contributed by atoms with Gasteiger partial charge in [0, 0.05) is 12.1 Å². The first-order valence-corrected chi connectivity index (χ1v) is 3.47. The van der Waals surface area contributed by atoms with E-state index in [9.17, 15) is 0 Å². The predicted octanol–water partition coefficient (Wildman–Crippen LogP) is 1.26. The van der Waals surface area contributed by atoms with E-state index >= 15 is 0 Å². The first-order valence-electron chi connectivity index (χ1n) is 3.47. The molecule has 1 heterocycles. The highest BCUT2D eigenvalue weighted by atomic mass is 16.4. The maximum absolute atomic E-state index is 5.36. The van der Waals surface area contributed by atoms with E-state index in [2.05, 4.69) is 11.6 Å². The van der Waals surface area contributed by atoms with Crippen LogP contribution in [0.25, 0.3) is 5.57 Å². The Bertz CT molecular complexity index is 256. The second kappa shape index (κ2) is 2.88. The van der Waals surface area contributed by atoms with Gasteiger partial charge in [0.05, 0.1) is 5.69 Å². The Hall–Kier alpha value is -1.09. The van der Waals surface area contributed by atoms with Crippen molar-refractivity contribution in [1.82, 2.24) is 4.98 Å². The summed E-state index contributed by atoms with van der Waals surface area (Å²) < 4.78 is 5.28. The molecule has 0 radical (unpaired) electrons. The van der Waals surface area contributed by atoms with Gasteiger partial charge in [0.15, 0.2) is 0 Å². The molecule has 1 rings (SSSR count). The molecule has 11 heavy (non-hydrogen) atoms. The second-order valence-corrected chi connectivity index (χ2v) is 2.47. The summed E-state index contributed by atoms with van der Waals surface area (Å²) in [7, 11) is 0. The molecule has 0 aromatic carbocycles. The fraction of sp³-hybridized carbons (Fsp3) is 0.375. The number of aromatic nitrogens is 1. The molecule has 0 saturated heterocycles. The van der Waals surface area contributed by atoms with Gasteiger partial charge in [-0.1, -0.05) is 6.58 Å². The lowest BCUT2D eigenvalue weighted by molar-refractivity contribution is 0.511. The Labute approximate surface area is 65.9 Å². The Morgan fingerprint density at radius 3 is 2.64 bits per heavy atom. The smallest absolute Gasteiger partial charge is 0.223 e. The van der Waals surface area contributed by atoms with Crippen molar-refractivity contribution in [3.05, 3.63) is 23.9 Å². The lowest BCUT2D eigenvalue weighted by atomic mass is 10.3. The minimum Gasteiger partial charge on any atom is -0.441 e. The van der Waals surface area contributed by atoms with Crippen molar-refractivity contribution in [2.75, 3.05) is 6.54 Å². The number of nitrogens with zero attached hydrogens (tertiary/aromatic N) is 1. The summed E-state index contributed by atoms with van der Waals surface area (Å²) in [5, 5.41) is 0. The van der Waals surface area contributed by atoms with E-state index in [0.29, 0.717) is 12.4 Å². The molecule has 2 N–H and O–H groups in total. The summed E-state index contributed by atoms with van der Waals surface area (Å²) in [6.07, 6.45) is 0. The van der Waals surface area contributed by atoms with Gasteiger partial charge < -0.3 is 10.2 Å². The van der Waals surface area contributed by atoms with E-state index in [1.165, 1.54) is 0 Å². The third-order valence-corrected chi connectivity index (χ3v) is 1.58. The summed E-state index contributed by atoms with van der Waals surface area (Å²) in [4.78, 5) is 4.13. The summed E-state index contributed by atoms with van der Waals surface area (Å²) in [5.74, 6) is 1.39. The lowest BCUT2D eigenvalue weighted by Crippen LogP contribution is -2.00. The van der Waals surface area contributed by atoms with Gasteiger partial charge in [-0.15, -0.1) is 0 Å². The van der Waals surface area contributed by atoms with E-state index < -0.39 is 0 Å². The standard InChI is InChI=1S/C8H12N2O/c1-5(4-9)8-10-6(2)7(3)11-8/h1,4,9H2,2-3H3. The van der Waals surface area contributed by atoms with Crippen LogP contribution in [0.3, 0.4) is 0 Å². The number of rotatable bonds is 2. The molecule has 0 spiro atoms. The van der Waals surface area contributed by atoms with Crippen LogP contribution in [-0.4, -0.2) is 11.5 Å². The van der Waals surface area contributed by atoms with Crippen LogP contribution in [0.4, 0.5) is 0 Å². The average molecular weight is 152 g/mol. The van der Waals surface area contributed by atoms with Crippen LogP contribution in [0.1, 0.15) is 17.3 Å². The summed E-state index contributed by atoms with van der Waals surface area (Å²) >= 11 is 0. The minimum atomic E-state index is 0.388. The van der Waals surface area contributed by atoms with Crippen LogP contribution in [0.15, 0.2) is 11.0 Å². The van der Waals surface area contributed by atoms with Crippen LogP contribution in [0.2, 0.25) is 0 Å². The Balaban J connectivity index is 2.97. The van der Waals surface area contributed by atoms with E-state index in [0.717, 1.165) is 17.0 Å². The Morgan fingerprint density at radius 2 is 2.27 bits per heavy atom. The van der Waals surface area contributed by atoms with Gasteiger partial charge >= 0.3 is 0 Å². The van der Waals surface area contributed by atoms with Crippen molar-refractivity contribution in [2.24, 2.45) is 5.73 Å². The molecule has 60 valence electrons. The highest BCUT2D eigenvalue weighted by Gasteiger charge is 2.06. The normalized spacial score (nSPS) is 10.1. The summed E-state index contributed by atoms with van der Waals surface area (Å²) in [6, 6.07) is 0. The molecule has 0 bridgehead atoms. The number of aryl methyl sites for hydroxylation is 2. The second-order valence-electron chi connectivity index (χ2n) is 2.47. The van der Waals surface area contributed by atoms with E-state index in [4.69, 9.17) is 10.2 Å². The molecule has 3 heteroatoms. The van der Waals surface area contributed by atoms with E-state index in [-0.39, 0.29) is 0 Å². The number of oxazole rings is 1. The van der Waals surface area contributed by atoms with Gasteiger partial charge in [0.1, 0.15) is 5.76 Å². The van der Waals surface area contributed by atoms with Gasteiger partial charge in [-0.2, -0.15) is 0 Å². The van der Waals surface area contributed by atoms with Crippen LogP contribution in [-0.2, 0) is 0 Å². The number of hydrogen-bond donors (Lipinski definition) is 1. The molecule has 0 unspecified atom stereocenters. The van der Waals surface area contributed by atoms with Gasteiger partial charge in [-0.25, -0.2) is 4.98 Å². The number of hydrogen-bond acceptors (Lipinski definition) is 3. The topological polar surface area (TPSA) is 52.0 Å². The highest BCUT2D eigenvalue weighted by molar-refractivity contribution is 5.57. The van der Waals surface area contributed by atoms with Crippen molar-refractivity contribution < 1.29 is 4.42 Å². The van der Waals surface area contributed by atoms with Gasteiger partial charge in [-0.05, 0) is 13.8 Å². The van der Waals surface area contributed by atoms with Gasteiger partial charge in [-0.3, -0.25) is 0 Å². The quantitative estimate of drug-likeness (QED) is 0.694. The fourth-order valence-corrected chi connectivity index (χ4v) is 0.711. The van der Waals surface area contributed by atoms with Crippen LogP contribution in [0, 0.1) is 13.8 Å². The molecule has 0 aliphatic carbocycles. The molecule has 3 nitrogen and oxygen atoms in total. The van der Waals surface area contributed by atoms with Crippen molar-refractivity contribution >= 4 is 5.57 Å². The molecule has 1 aromatic heterocycles. The molecule has 0 amide bonds. The van der Waals surface area contributed by atoms with Crippen molar-refractivity contribution in [3.63, 3.8) is 0 Å². The minimum absolute atomic E-state index is 0.388. The first kappa shape index (κ1) is 8.01. The molecular formula is C8H12N2O.